The molecule has 4 heteroatoms. The maximum Gasteiger partial charge on any atom is 0.257 e. The minimum Gasteiger partial charge on any atom is -0.505 e. The number of anilines is 1. The average molecular weight is 256 g/mol. The topological polar surface area (TPSA) is 66.6 Å². The van der Waals surface area contributed by atoms with E-state index < -0.39 is 0 Å². The van der Waals surface area contributed by atoms with Gasteiger partial charge in [-0.2, -0.15) is 0 Å². The fourth-order valence-corrected chi connectivity index (χ4v) is 1.91. The molecule has 0 spiro atoms. The van der Waals surface area contributed by atoms with Crippen molar-refractivity contribution in [3.8, 4) is 16.9 Å². The standard InChI is InChI=1S/C15H16N2O2/c1-17(2)15(19)13-11(8-9-12(16)14(13)18)10-6-4-3-5-7-10/h3-9,18H,16H2,1-2H3. The third kappa shape index (κ3) is 2.38. The molecule has 2 aromatic carbocycles. The first-order chi connectivity index (χ1) is 9.02. The molecule has 2 aromatic rings. The third-order valence-electron chi connectivity index (χ3n) is 2.91. The summed E-state index contributed by atoms with van der Waals surface area (Å²) < 4.78 is 0. The number of nitrogens with two attached hydrogens (primary N) is 1. The van der Waals surface area contributed by atoms with E-state index in [1.807, 2.05) is 30.3 Å². The van der Waals surface area contributed by atoms with Gasteiger partial charge in [-0.15, -0.1) is 0 Å². The van der Waals surface area contributed by atoms with Crippen LogP contribution in [0.4, 0.5) is 5.69 Å². The van der Waals surface area contributed by atoms with Crippen LogP contribution in [-0.2, 0) is 0 Å². The van der Waals surface area contributed by atoms with E-state index in [9.17, 15) is 9.90 Å². The Hall–Kier alpha value is -2.49. The number of amides is 1. The molecule has 0 aliphatic carbocycles. The van der Waals surface area contributed by atoms with E-state index in [0.717, 1.165) is 5.56 Å². The van der Waals surface area contributed by atoms with Crippen molar-refractivity contribution in [1.29, 1.82) is 0 Å². The number of nitrogen functional groups attached to an aromatic ring is 1. The zero-order valence-corrected chi connectivity index (χ0v) is 10.9. The van der Waals surface area contributed by atoms with E-state index in [4.69, 9.17) is 5.73 Å². The zero-order chi connectivity index (χ0) is 14.0. The minimum absolute atomic E-state index is 0.167. The van der Waals surface area contributed by atoms with Crippen molar-refractivity contribution in [1.82, 2.24) is 4.90 Å². The maximum absolute atomic E-state index is 12.2. The second-order valence-corrected chi connectivity index (χ2v) is 4.49. The molecule has 19 heavy (non-hydrogen) atoms. The number of rotatable bonds is 2. The van der Waals surface area contributed by atoms with Crippen LogP contribution in [0.3, 0.4) is 0 Å². The minimum atomic E-state index is -0.274. The maximum atomic E-state index is 12.2. The van der Waals surface area contributed by atoms with Crippen LogP contribution in [0.15, 0.2) is 42.5 Å². The van der Waals surface area contributed by atoms with Crippen molar-refractivity contribution in [2.24, 2.45) is 0 Å². The fourth-order valence-electron chi connectivity index (χ4n) is 1.91. The van der Waals surface area contributed by atoms with Gasteiger partial charge in [0.1, 0.15) is 0 Å². The number of carbonyl (C=O) groups is 1. The van der Waals surface area contributed by atoms with Crippen molar-refractivity contribution in [3.63, 3.8) is 0 Å². The summed E-state index contributed by atoms with van der Waals surface area (Å²) in [5.41, 5.74) is 7.65. The average Bonchev–Trinajstić information content (AvgIpc) is 2.41. The van der Waals surface area contributed by atoms with Crippen LogP contribution in [0, 0.1) is 0 Å². The van der Waals surface area contributed by atoms with E-state index in [2.05, 4.69) is 0 Å². The number of phenolic OH excluding ortho intramolecular Hbond substituents is 1. The van der Waals surface area contributed by atoms with Crippen LogP contribution >= 0.6 is 0 Å². The first-order valence-electron chi connectivity index (χ1n) is 5.91. The Morgan fingerprint density at radius 2 is 1.74 bits per heavy atom. The Kier molecular flexibility index (Phi) is 3.42. The van der Waals surface area contributed by atoms with Crippen molar-refractivity contribution in [2.75, 3.05) is 19.8 Å². The summed E-state index contributed by atoms with van der Waals surface area (Å²) in [5.74, 6) is -0.441. The van der Waals surface area contributed by atoms with Gasteiger partial charge in [0.05, 0.1) is 11.3 Å². The molecule has 0 unspecified atom stereocenters. The molecule has 0 bridgehead atoms. The zero-order valence-electron chi connectivity index (χ0n) is 10.9. The van der Waals surface area contributed by atoms with Crippen LogP contribution in [0.5, 0.6) is 5.75 Å². The first-order valence-corrected chi connectivity index (χ1v) is 5.91. The highest BCUT2D eigenvalue weighted by Gasteiger charge is 2.20. The number of phenols is 1. The van der Waals surface area contributed by atoms with E-state index in [1.54, 1.807) is 26.2 Å². The predicted octanol–water partition coefficient (Wildman–Crippen LogP) is 2.34. The highest BCUT2D eigenvalue weighted by Crippen LogP contribution is 2.34. The molecule has 0 aromatic heterocycles. The molecule has 2 rings (SSSR count). The summed E-state index contributed by atoms with van der Waals surface area (Å²) in [6.45, 7) is 0. The van der Waals surface area contributed by atoms with Gasteiger partial charge in [0, 0.05) is 14.1 Å². The molecule has 98 valence electrons. The quantitative estimate of drug-likeness (QED) is 0.640. The molecule has 0 aliphatic heterocycles. The SMILES string of the molecule is CN(C)C(=O)c1c(-c2ccccc2)ccc(N)c1O. The van der Waals surface area contributed by atoms with Crippen LogP contribution in [0.1, 0.15) is 10.4 Å². The van der Waals surface area contributed by atoms with Crippen molar-refractivity contribution >= 4 is 11.6 Å². The van der Waals surface area contributed by atoms with E-state index in [-0.39, 0.29) is 22.9 Å². The predicted molar refractivity (Wildman–Crippen MR) is 76.0 cm³/mol. The molecule has 0 radical (unpaired) electrons. The Bertz CT molecular complexity index is 607. The molecule has 0 heterocycles. The highest BCUT2D eigenvalue weighted by molar-refractivity contribution is 6.04. The fraction of sp³-hybridized carbons (Fsp3) is 0.133. The van der Waals surface area contributed by atoms with Crippen molar-refractivity contribution in [3.05, 3.63) is 48.0 Å². The molecule has 0 saturated carbocycles. The van der Waals surface area contributed by atoms with E-state index in [0.29, 0.717) is 5.56 Å². The van der Waals surface area contributed by atoms with Gasteiger partial charge in [-0.25, -0.2) is 0 Å². The van der Waals surface area contributed by atoms with E-state index >= 15 is 0 Å². The van der Waals surface area contributed by atoms with Gasteiger partial charge < -0.3 is 15.7 Å². The van der Waals surface area contributed by atoms with Crippen LogP contribution in [0.25, 0.3) is 11.1 Å². The monoisotopic (exact) mass is 256 g/mol. The lowest BCUT2D eigenvalue weighted by Gasteiger charge is -2.16. The number of nitrogens with zero attached hydrogens (tertiary/aromatic N) is 1. The number of carbonyl (C=O) groups excluding carboxylic acids is 1. The molecular weight excluding hydrogens is 240 g/mol. The van der Waals surface area contributed by atoms with Gasteiger partial charge in [-0.3, -0.25) is 4.79 Å². The second kappa shape index (κ2) is 5.02. The van der Waals surface area contributed by atoms with Gasteiger partial charge in [0.25, 0.3) is 5.91 Å². The largest absolute Gasteiger partial charge is 0.505 e. The molecular formula is C15H16N2O2. The lowest BCUT2D eigenvalue weighted by atomic mass is 9.97. The molecule has 0 atom stereocenters. The number of benzene rings is 2. The normalized spacial score (nSPS) is 10.2. The Balaban J connectivity index is 2.69. The van der Waals surface area contributed by atoms with Crippen LogP contribution in [0.2, 0.25) is 0 Å². The summed E-state index contributed by atoms with van der Waals surface area (Å²) in [6.07, 6.45) is 0. The summed E-state index contributed by atoms with van der Waals surface area (Å²) in [4.78, 5) is 13.6. The number of hydrogen-bond donors (Lipinski definition) is 2. The lowest BCUT2D eigenvalue weighted by molar-refractivity contribution is 0.0825. The number of hydrogen-bond acceptors (Lipinski definition) is 3. The Morgan fingerprint density at radius 1 is 1.11 bits per heavy atom. The molecule has 0 fully saturated rings. The van der Waals surface area contributed by atoms with Crippen LogP contribution in [-0.4, -0.2) is 30.0 Å². The molecule has 1 amide bonds. The Morgan fingerprint density at radius 3 is 2.32 bits per heavy atom. The van der Waals surface area contributed by atoms with Gasteiger partial charge in [0.15, 0.2) is 5.75 Å². The first kappa shape index (κ1) is 13.0. The van der Waals surface area contributed by atoms with Crippen molar-refractivity contribution < 1.29 is 9.90 Å². The van der Waals surface area contributed by atoms with Crippen LogP contribution < -0.4 is 5.73 Å². The molecule has 3 N–H and O–H groups in total. The van der Waals surface area contributed by atoms with Gasteiger partial charge in [-0.1, -0.05) is 36.4 Å². The summed E-state index contributed by atoms with van der Waals surface area (Å²) in [6, 6.07) is 12.8. The summed E-state index contributed by atoms with van der Waals surface area (Å²) in [7, 11) is 3.28. The van der Waals surface area contributed by atoms with Gasteiger partial charge >= 0.3 is 0 Å². The molecule has 0 aliphatic rings. The van der Waals surface area contributed by atoms with Crippen molar-refractivity contribution in [2.45, 2.75) is 0 Å². The second-order valence-electron chi connectivity index (χ2n) is 4.49. The highest BCUT2D eigenvalue weighted by atomic mass is 16.3. The third-order valence-corrected chi connectivity index (χ3v) is 2.91. The lowest BCUT2D eigenvalue weighted by Crippen LogP contribution is -2.22. The molecule has 0 saturated heterocycles. The summed E-state index contributed by atoms with van der Waals surface area (Å²) in [5, 5.41) is 10.1. The smallest absolute Gasteiger partial charge is 0.257 e. The molecule has 4 nitrogen and oxygen atoms in total. The Labute approximate surface area is 112 Å². The number of aromatic hydroxyl groups is 1. The summed E-state index contributed by atoms with van der Waals surface area (Å²) >= 11 is 0. The van der Waals surface area contributed by atoms with Gasteiger partial charge in [-0.05, 0) is 17.2 Å². The van der Waals surface area contributed by atoms with E-state index in [1.165, 1.54) is 4.90 Å². The van der Waals surface area contributed by atoms with Gasteiger partial charge in [0.2, 0.25) is 0 Å².